The Bertz CT molecular complexity index is 4710. The molecule has 0 atom stereocenters. The molecule has 15 rings (SSSR count). The van der Waals surface area contributed by atoms with Crippen molar-refractivity contribution in [3.05, 3.63) is 262 Å². The molecule has 9 aromatic rings. The molecule has 23 heteroatoms. The van der Waals surface area contributed by atoms with E-state index in [1.165, 1.54) is 137 Å². The van der Waals surface area contributed by atoms with E-state index >= 15 is 0 Å². The molecule has 6 N–H and O–H groups in total. The number of amides is 3. The van der Waals surface area contributed by atoms with Crippen molar-refractivity contribution in [2.24, 2.45) is 0 Å². The number of rotatable bonds is 21. The van der Waals surface area contributed by atoms with Crippen molar-refractivity contribution in [3.8, 4) is 33.4 Å². The highest BCUT2D eigenvalue weighted by molar-refractivity contribution is 6.39. The van der Waals surface area contributed by atoms with Gasteiger partial charge in [0, 0.05) is 122 Å². The van der Waals surface area contributed by atoms with E-state index in [9.17, 15) is 27.6 Å². The second-order valence-corrected chi connectivity index (χ2v) is 34.1. The molecule has 594 valence electrons. The third kappa shape index (κ3) is 21.7. The van der Waals surface area contributed by atoms with Gasteiger partial charge in [0.2, 0.25) is 17.7 Å². The highest BCUT2D eigenvalue weighted by Gasteiger charge is 2.42. The van der Waals surface area contributed by atoms with Gasteiger partial charge < -0.3 is 30.7 Å². The monoisotopic (exact) mass is 1690 g/mol. The molecule has 12 nitrogen and oxygen atoms in total. The van der Waals surface area contributed by atoms with Crippen LogP contribution in [0.25, 0.3) is 33.4 Å². The molecule has 3 aliphatic heterocycles. The summed E-state index contributed by atoms with van der Waals surface area (Å²) in [6.07, 6.45) is 21.0. The molecule has 0 aromatic heterocycles. The van der Waals surface area contributed by atoms with E-state index in [0.29, 0.717) is 60.3 Å². The number of piperidine rings is 3. The summed E-state index contributed by atoms with van der Waals surface area (Å²) in [7, 11) is 0. The number of hydrogen-bond donors (Lipinski definition) is 6. The van der Waals surface area contributed by atoms with Crippen LogP contribution in [0, 0.1) is 17.5 Å². The highest BCUT2D eigenvalue weighted by Crippen LogP contribution is 2.43. The summed E-state index contributed by atoms with van der Waals surface area (Å²) in [5.41, 5.74) is 9.84. The first-order valence-electron chi connectivity index (χ1n) is 39.3. The molecular weight excluding hydrogens is 1600 g/mol. The topological polar surface area (TPSA) is 133 Å². The molecule has 113 heavy (non-hydrogen) atoms. The van der Waals surface area contributed by atoms with Crippen LogP contribution in [0.2, 0.25) is 40.2 Å². The van der Waals surface area contributed by atoms with Crippen molar-refractivity contribution in [3.63, 3.8) is 0 Å². The molecule has 3 saturated carbocycles. The second-order valence-electron chi connectivity index (χ2n) is 30.8. The first-order chi connectivity index (χ1) is 54.6. The predicted molar refractivity (Wildman–Crippen MR) is 459 cm³/mol. The zero-order valence-electron chi connectivity index (χ0n) is 62.9. The summed E-state index contributed by atoms with van der Waals surface area (Å²) >= 11 is 49.2. The van der Waals surface area contributed by atoms with Crippen LogP contribution < -0.4 is 31.9 Å². The fourth-order valence-corrected chi connectivity index (χ4v) is 19.4. The lowest BCUT2D eigenvalue weighted by Crippen LogP contribution is -2.54. The van der Waals surface area contributed by atoms with Crippen molar-refractivity contribution in [1.82, 2.24) is 30.7 Å². The van der Waals surface area contributed by atoms with E-state index in [0.717, 1.165) is 122 Å². The molecule has 3 saturated heterocycles. The first kappa shape index (κ1) is 84.2. The number of hydrogen-bond acceptors (Lipinski definition) is 9. The molecular formula is C90H94Cl8F3N9O3. The van der Waals surface area contributed by atoms with Crippen LogP contribution in [0.3, 0.4) is 0 Å². The molecule has 0 bridgehead atoms. The molecule has 0 spiro atoms. The molecule has 6 aliphatic rings. The van der Waals surface area contributed by atoms with Crippen molar-refractivity contribution in [2.45, 2.75) is 150 Å². The quantitative estimate of drug-likeness (QED) is 0.0416. The fourth-order valence-electron chi connectivity index (χ4n) is 17.5. The lowest BCUT2D eigenvalue weighted by Gasteiger charge is -2.45. The third-order valence-electron chi connectivity index (χ3n) is 23.8. The van der Waals surface area contributed by atoms with Gasteiger partial charge >= 0.3 is 0 Å². The second kappa shape index (κ2) is 39.0. The molecule has 0 radical (unpaired) electrons. The maximum Gasteiger partial charge on any atom is 0.238 e. The Labute approximate surface area is 701 Å². The van der Waals surface area contributed by atoms with Crippen LogP contribution in [-0.2, 0) is 31.0 Å². The van der Waals surface area contributed by atoms with Gasteiger partial charge in [0.25, 0.3) is 0 Å². The fraction of sp³-hybridized carbons (Fsp3) is 0.367. The van der Waals surface area contributed by atoms with Crippen LogP contribution in [0.4, 0.5) is 30.2 Å². The lowest BCUT2D eigenvalue weighted by atomic mass is 9.79. The molecule has 3 heterocycles. The van der Waals surface area contributed by atoms with E-state index in [-0.39, 0.29) is 69.0 Å². The van der Waals surface area contributed by atoms with E-state index in [1.807, 2.05) is 48.5 Å². The van der Waals surface area contributed by atoms with E-state index in [4.69, 9.17) is 92.8 Å². The minimum atomic E-state index is -0.516. The Balaban J connectivity index is 0.000000148. The average Bonchev–Trinajstić information content (AvgIpc) is 1.48. The zero-order valence-corrected chi connectivity index (χ0v) is 69.0. The van der Waals surface area contributed by atoms with Crippen molar-refractivity contribution >= 4 is 128 Å². The molecule has 0 unspecified atom stereocenters. The Morgan fingerprint density at radius 1 is 0.319 bits per heavy atom. The van der Waals surface area contributed by atoms with E-state index in [2.05, 4.69) is 125 Å². The van der Waals surface area contributed by atoms with Gasteiger partial charge in [-0.3, -0.25) is 30.3 Å². The van der Waals surface area contributed by atoms with Crippen LogP contribution in [0.15, 0.2) is 188 Å². The number of carbonyl (C=O) groups excluding carboxylic acids is 3. The molecule has 9 aromatic carbocycles. The van der Waals surface area contributed by atoms with Gasteiger partial charge in [-0.15, -0.1) is 0 Å². The predicted octanol–water partition coefficient (Wildman–Crippen LogP) is 23.1. The minimum Gasteiger partial charge on any atom is -0.325 e. The van der Waals surface area contributed by atoms with E-state index in [1.54, 1.807) is 6.07 Å². The Kier molecular flexibility index (Phi) is 29.1. The van der Waals surface area contributed by atoms with Gasteiger partial charge in [-0.2, -0.15) is 0 Å². The number of nitrogens with zero attached hydrogens (tertiary/aromatic N) is 3. The van der Waals surface area contributed by atoms with Gasteiger partial charge in [-0.05, 0) is 219 Å². The molecule has 6 fully saturated rings. The van der Waals surface area contributed by atoms with Crippen molar-refractivity contribution in [1.29, 1.82) is 0 Å². The van der Waals surface area contributed by atoms with Crippen LogP contribution in [-0.4, -0.2) is 109 Å². The van der Waals surface area contributed by atoms with Crippen LogP contribution >= 0.6 is 92.8 Å². The van der Waals surface area contributed by atoms with Gasteiger partial charge in [-0.1, -0.05) is 222 Å². The Hall–Kier alpha value is -6.74. The van der Waals surface area contributed by atoms with Crippen molar-refractivity contribution < 1.29 is 27.6 Å². The molecule has 3 aliphatic carbocycles. The van der Waals surface area contributed by atoms with Crippen molar-refractivity contribution in [2.75, 3.05) is 74.9 Å². The zero-order chi connectivity index (χ0) is 79.2. The first-order valence-corrected chi connectivity index (χ1v) is 42.3. The number of likely N-dealkylation sites (tertiary alicyclic amines) is 3. The summed E-state index contributed by atoms with van der Waals surface area (Å²) in [6, 6.07) is 58.9. The van der Waals surface area contributed by atoms with Gasteiger partial charge in [0.05, 0.1) is 34.7 Å². The number of anilines is 3. The van der Waals surface area contributed by atoms with Gasteiger partial charge in [0.15, 0.2) is 0 Å². The summed E-state index contributed by atoms with van der Waals surface area (Å²) in [5, 5.41) is 22.4. The largest absolute Gasteiger partial charge is 0.325 e. The van der Waals surface area contributed by atoms with Crippen LogP contribution in [0.5, 0.6) is 0 Å². The lowest BCUT2D eigenvalue weighted by molar-refractivity contribution is -0.116. The summed E-state index contributed by atoms with van der Waals surface area (Å²) in [6.45, 7) is 6.33. The summed E-state index contributed by atoms with van der Waals surface area (Å²) in [5.74, 6) is -2.13. The van der Waals surface area contributed by atoms with Gasteiger partial charge in [0.1, 0.15) is 17.5 Å². The maximum atomic E-state index is 13.5. The smallest absolute Gasteiger partial charge is 0.238 e. The third-order valence-corrected chi connectivity index (χ3v) is 25.9. The number of halogens is 11. The number of nitrogens with one attached hydrogen (secondary N) is 6. The average molecular weight is 1690 g/mol. The number of benzene rings is 9. The Morgan fingerprint density at radius 3 is 0.938 bits per heavy atom. The summed E-state index contributed by atoms with van der Waals surface area (Å²) in [4.78, 5) is 46.4. The number of carbonyl (C=O) groups is 3. The minimum absolute atomic E-state index is 0.0127. The van der Waals surface area contributed by atoms with E-state index < -0.39 is 17.5 Å². The SMILES string of the molecule is O=C(CNC1(c2ccc(-c3c(Cl)cccc3Cl)cc2)CCN(C2CCCC2)CC1)Nc1ccc(F)c(Cl)c1.O=C(CNC1(c2ccc(-c3cc(Cl)cc(Cl)c3)cc2)CCN(C2CCCC2)CC1)Nc1ccc(F)c(Cl)c1.O=C(CNC1(c2ccc(-c3cccc(Cl)c3)cc2)CCN(C2CCCC2)CC1)Nc1ccc(F)c(Cl)c1. The standard InChI is InChI=1S/2C30H31Cl3FN3O.C30H32Cl2FN3O/c31-24-6-3-7-25(32)29(24)20-8-10-21(11-9-20)30(14-16-37(17-15-30)23-4-1-2-5-23)35-19-28(38)36-22-12-13-27(34)26(33)18-22;31-23-15-21(16-24(32)17-23)20-5-7-22(8-6-20)30(11-13-37(14-12-30)26-3-1-2-4-26)35-19-29(38)36-25-9-10-28(34)27(33)18-25;31-24-5-3-4-22(18-24)21-8-10-23(11-9-21)30(14-16-36(17-15-30)26-6-1-2-7-26)34-20-29(37)35-25-12-13-28(33)27(32)19-25/h3,6-13,18,23,35H,1-2,4-5,14-17,19H2,(H,36,38);5-10,15-18,26,35H,1-4,11-14,19H2,(H,36,38);3-5,8-13,18-19,26,34H,1-2,6-7,14-17,20H2,(H,35,37). The normalized spacial score (nSPS) is 18.0. The van der Waals surface area contributed by atoms with Crippen LogP contribution in [0.1, 0.15) is 132 Å². The van der Waals surface area contributed by atoms with Gasteiger partial charge in [-0.25, -0.2) is 13.2 Å². The Morgan fingerprint density at radius 2 is 0.619 bits per heavy atom. The maximum absolute atomic E-state index is 13.5. The highest BCUT2D eigenvalue weighted by atomic mass is 35.5. The molecule has 3 amide bonds. The summed E-state index contributed by atoms with van der Waals surface area (Å²) < 4.78 is 40.5.